The van der Waals surface area contributed by atoms with Gasteiger partial charge in [-0.15, -0.1) is 0 Å². The molecule has 7 aromatic heterocycles. The monoisotopic (exact) mass is 1080 g/mol. The summed E-state index contributed by atoms with van der Waals surface area (Å²) in [5.41, 5.74) is 24.5. The van der Waals surface area contributed by atoms with Crippen LogP contribution in [0.5, 0.6) is 0 Å². The van der Waals surface area contributed by atoms with E-state index >= 15 is 0 Å². The van der Waals surface area contributed by atoms with Crippen LogP contribution >= 0.6 is 0 Å². The molecule has 0 aliphatic heterocycles. The molecule has 16 aromatic rings. The van der Waals surface area contributed by atoms with Crippen LogP contribution in [0.4, 0.5) is 0 Å². The molecule has 0 spiro atoms. The Morgan fingerprint density at radius 3 is 1.11 bits per heavy atom. The van der Waals surface area contributed by atoms with E-state index in [1.54, 1.807) is 0 Å². The van der Waals surface area contributed by atoms with E-state index in [0.29, 0.717) is 5.56 Å². The maximum absolute atomic E-state index is 12.5. The molecule has 0 bridgehead atoms. The summed E-state index contributed by atoms with van der Waals surface area (Å²) in [7, 11) is 0. The lowest BCUT2D eigenvalue weighted by Crippen LogP contribution is -2.12. The number of nitriles is 1. The number of para-hydroxylation sites is 2. The van der Waals surface area contributed by atoms with Crippen molar-refractivity contribution in [2.75, 3.05) is 0 Å². The molecule has 8 heteroatoms. The number of aromatic nitrogens is 7. The maximum atomic E-state index is 12.5. The van der Waals surface area contributed by atoms with Gasteiger partial charge in [-0.05, 0) is 167 Å². The Bertz CT molecular complexity index is 5260. The fraction of sp³-hybridized carbons (Fsp3) is 0.0789. The maximum Gasteiger partial charge on any atom is 0.101 e. The molecule has 0 atom stereocenters. The van der Waals surface area contributed by atoms with Gasteiger partial charge in [-0.1, -0.05) is 107 Å². The van der Waals surface area contributed by atoms with Crippen molar-refractivity contribution in [2.45, 2.75) is 41.5 Å². The number of pyridine rings is 3. The third-order valence-electron chi connectivity index (χ3n) is 17.3. The number of nitrogens with zero attached hydrogens (tertiary/aromatic N) is 8. The Labute approximate surface area is 485 Å². The van der Waals surface area contributed by atoms with Gasteiger partial charge in [0, 0.05) is 94.9 Å². The molecule has 84 heavy (non-hydrogen) atoms. The minimum absolute atomic E-state index is 0.537. The molecule has 7 heterocycles. The molecule has 0 saturated heterocycles. The lowest BCUT2D eigenvalue weighted by Gasteiger charge is -2.28. The molecule has 16 rings (SSSR count). The number of hydrogen-bond donors (Lipinski definition) is 0. The zero-order chi connectivity index (χ0) is 56.6. The lowest BCUT2D eigenvalue weighted by atomic mass is 9.82. The number of aryl methyl sites for hydroxylation is 6. The molecule has 8 nitrogen and oxygen atoms in total. The first-order valence-electron chi connectivity index (χ1n) is 28.6. The molecule has 0 fully saturated rings. The first-order chi connectivity index (χ1) is 41.1. The van der Waals surface area contributed by atoms with Crippen molar-refractivity contribution in [3.8, 4) is 62.2 Å². The van der Waals surface area contributed by atoms with E-state index in [2.05, 4.69) is 246 Å². The van der Waals surface area contributed by atoms with Crippen molar-refractivity contribution >= 4 is 87.2 Å². The molecular weight excluding hydrogens is 1020 g/mol. The molecule has 0 N–H and O–H groups in total. The number of benzene rings is 9. The van der Waals surface area contributed by atoms with Crippen LogP contribution in [-0.4, -0.2) is 33.2 Å². The van der Waals surface area contributed by atoms with Gasteiger partial charge in [0.2, 0.25) is 0 Å². The van der Waals surface area contributed by atoms with Crippen LogP contribution in [-0.2, 0) is 0 Å². The van der Waals surface area contributed by atoms with E-state index < -0.39 is 0 Å². The first kappa shape index (κ1) is 49.0. The van der Waals surface area contributed by atoms with Crippen LogP contribution in [0.25, 0.3) is 143 Å². The summed E-state index contributed by atoms with van der Waals surface area (Å²) in [6.45, 7) is 12.7. The lowest BCUT2D eigenvalue weighted by molar-refractivity contribution is 1.09. The van der Waals surface area contributed by atoms with Crippen LogP contribution in [0.1, 0.15) is 39.2 Å². The molecule has 0 unspecified atom stereocenters. The average molecular weight is 1080 g/mol. The highest BCUT2D eigenvalue weighted by molar-refractivity contribution is 6.16. The Morgan fingerprint density at radius 1 is 0.321 bits per heavy atom. The summed E-state index contributed by atoms with van der Waals surface area (Å²) in [6, 6.07) is 73.6. The summed E-state index contributed by atoms with van der Waals surface area (Å²) < 4.78 is 9.54. The van der Waals surface area contributed by atoms with Crippen LogP contribution < -0.4 is 0 Å². The predicted octanol–water partition coefficient (Wildman–Crippen LogP) is 19.0. The van der Waals surface area contributed by atoms with E-state index in [-0.39, 0.29) is 0 Å². The number of rotatable bonds is 7. The molecule has 0 aliphatic rings. The number of hydrogen-bond acceptors (Lipinski definition) is 4. The van der Waals surface area contributed by atoms with Gasteiger partial charge >= 0.3 is 0 Å². The summed E-state index contributed by atoms with van der Waals surface area (Å²) >= 11 is 0. The van der Waals surface area contributed by atoms with Gasteiger partial charge in [0.25, 0.3) is 0 Å². The largest absolute Gasteiger partial charge is 0.309 e. The quantitative estimate of drug-likeness (QED) is 0.159. The second kappa shape index (κ2) is 18.6. The van der Waals surface area contributed by atoms with E-state index in [9.17, 15) is 5.26 Å². The van der Waals surface area contributed by atoms with Crippen LogP contribution in [0.3, 0.4) is 0 Å². The zero-order valence-electron chi connectivity index (χ0n) is 47.4. The second-order valence-corrected chi connectivity index (χ2v) is 22.8. The van der Waals surface area contributed by atoms with Gasteiger partial charge in [-0.25, -0.2) is 0 Å². The third kappa shape index (κ3) is 7.28. The average Bonchev–Trinajstić information content (AvgIpc) is 1.37. The summed E-state index contributed by atoms with van der Waals surface area (Å²) in [4.78, 5) is 14.7. The van der Waals surface area contributed by atoms with E-state index in [4.69, 9.17) is 15.0 Å². The normalized spacial score (nSPS) is 11.9. The SMILES string of the molecule is Cc1ccc2c(c1)c1cc(C)ccc1n2-c1ccc(-c2c(C#N)c(-c3cc(C)nc(C)c3)c(-c3ccc(-n4c5ccc(C)cc5c5cc(C)ccc54)cc3)c(-n3c4ccccc4c4ccncc43)c2-n2c3ccccc3c3ccncc32)cc1. The topological polar surface area (TPSA) is 82.2 Å². The van der Waals surface area contributed by atoms with Crippen LogP contribution in [0.15, 0.2) is 219 Å². The molecule has 0 radical (unpaired) electrons. The highest BCUT2D eigenvalue weighted by atomic mass is 15.1. The fourth-order valence-electron chi connectivity index (χ4n) is 13.8. The smallest absolute Gasteiger partial charge is 0.101 e. The molecular formula is C76H54N8. The van der Waals surface area contributed by atoms with Gasteiger partial charge in [-0.3, -0.25) is 15.0 Å². The zero-order valence-corrected chi connectivity index (χ0v) is 47.4. The van der Waals surface area contributed by atoms with Crippen molar-refractivity contribution < 1.29 is 0 Å². The van der Waals surface area contributed by atoms with Gasteiger partial charge in [0.15, 0.2) is 0 Å². The van der Waals surface area contributed by atoms with E-state index in [0.717, 1.165) is 133 Å². The van der Waals surface area contributed by atoms with Gasteiger partial charge < -0.3 is 18.3 Å². The predicted molar refractivity (Wildman–Crippen MR) is 347 cm³/mol. The van der Waals surface area contributed by atoms with Crippen molar-refractivity contribution in [2.24, 2.45) is 0 Å². The molecule has 398 valence electrons. The Morgan fingerprint density at radius 2 is 0.690 bits per heavy atom. The Kier molecular flexibility index (Phi) is 10.8. The highest BCUT2D eigenvalue weighted by Gasteiger charge is 2.33. The molecule has 0 aliphatic carbocycles. The molecule has 0 saturated carbocycles. The summed E-state index contributed by atoms with van der Waals surface area (Å²) in [5.74, 6) is 0. The van der Waals surface area contributed by atoms with Crippen LogP contribution in [0, 0.1) is 52.9 Å². The van der Waals surface area contributed by atoms with Gasteiger partial charge in [-0.2, -0.15) is 5.26 Å². The molecule has 0 amide bonds. The van der Waals surface area contributed by atoms with Crippen molar-refractivity contribution in [3.63, 3.8) is 0 Å². The van der Waals surface area contributed by atoms with Gasteiger partial charge in [0.1, 0.15) is 6.07 Å². The van der Waals surface area contributed by atoms with Crippen molar-refractivity contribution in [3.05, 3.63) is 258 Å². The van der Waals surface area contributed by atoms with Crippen molar-refractivity contribution in [1.29, 1.82) is 5.26 Å². The van der Waals surface area contributed by atoms with E-state index in [1.165, 1.54) is 43.8 Å². The van der Waals surface area contributed by atoms with Gasteiger partial charge in [0.05, 0.1) is 73.5 Å². The standard InChI is InChI=1S/C76H54N8/c1-44-15-27-66-59(35-44)60-36-45(2)16-28-67(60)81(66)53-23-19-50(20-24-53)73-63(41-77)72(52-39-48(5)80-49(6)40-52)74(51-21-25-54(26-22-51)82-68-29-17-46(3)37-61(68)62-38-47(4)18-30-69(62)82)76(84-65-14-10-8-12-56(65)58-32-34-79-43-71(58)84)75(73)83-64-13-9-7-11-55(64)57-31-33-78-42-70(57)83/h7-40,42-43H,1-6H3. The molecule has 9 aromatic carbocycles. The third-order valence-corrected chi connectivity index (χ3v) is 17.3. The highest BCUT2D eigenvalue weighted by Crippen LogP contribution is 2.52. The Hall–Kier alpha value is -10.9. The summed E-state index contributed by atoms with van der Waals surface area (Å²) in [6.07, 6.45) is 7.73. The van der Waals surface area contributed by atoms with Crippen molar-refractivity contribution in [1.82, 2.24) is 33.2 Å². The summed E-state index contributed by atoms with van der Waals surface area (Å²) in [5, 5.41) is 21.7. The first-order valence-corrected chi connectivity index (χ1v) is 28.6. The minimum Gasteiger partial charge on any atom is -0.309 e. The second-order valence-electron chi connectivity index (χ2n) is 22.8. The van der Waals surface area contributed by atoms with Crippen LogP contribution in [0.2, 0.25) is 0 Å². The fourth-order valence-corrected chi connectivity index (χ4v) is 13.8. The minimum atomic E-state index is 0.537. The van der Waals surface area contributed by atoms with E-state index in [1.807, 2.05) is 38.6 Å². The Balaban J connectivity index is 1.09. The number of fused-ring (bicyclic) bond motifs is 12.